The molecule has 2 aromatic rings. The van der Waals surface area contributed by atoms with Gasteiger partial charge in [-0.25, -0.2) is 0 Å². The Morgan fingerprint density at radius 2 is 1.61 bits per heavy atom. The van der Waals surface area contributed by atoms with E-state index in [1.54, 1.807) is 18.2 Å². The summed E-state index contributed by atoms with van der Waals surface area (Å²) in [5.41, 5.74) is 2.25. The van der Waals surface area contributed by atoms with Crippen LogP contribution in [0.4, 0.5) is 5.69 Å². The van der Waals surface area contributed by atoms with E-state index in [4.69, 9.17) is 9.47 Å². The van der Waals surface area contributed by atoms with Crippen LogP contribution in [0.3, 0.4) is 0 Å². The van der Waals surface area contributed by atoms with Gasteiger partial charge in [-0.2, -0.15) is 0 Å². The van der Waals surface area contributed by atoms with Gasteiger partial charge in [-0.05, 0) is 43.4 Å². The molecule has 2 N–H and O–H groups in total. The number of nitrogens with zero attached hydrogens (tertiary/aromatic N) is 1. The summed E-state index contributed by atoms with van der Waals surface area (Å²) in [6.07, 6.45) is 2.81. The second-order valence-corrected chi connectivity index (χ2v) is 8.81. The number of anilines is 1. The lowest BCUT2D eigenvalue weighted by Gasteiger charge is -2.27. The molecule has 1 atom stereocenters. The zero-order chi connectivity index (χ0) is 25.3. The molecular weight excluding hydrogens is 462 g/mol. The second kappa shape index (κ2) is 12.4. The summed E-state index contributed by atoms with van der Waals surface area (Å²) < 4.78 is 11.4. The monoisotopic (exact) mass is 493 g/mol. The van der Waals surface area contributed by atoms with Gasteiger partial charge in [0.1, 0.15) is 6.04 Å². The molecule has 4 amide bonds. The van der Waals surface area contributed by atoms with Crippen molar-refractivity contribution >= 4 is 29.3 Å². The molecule has 190 valence electrons. The van der Waals surface area contributed by atoms with Crippen LogP contribution in [-0.4, -0.2) is 60.9 Å². The Balaban J connectivity index is 1.15. The van der Waals surface area contributed by atoms with Gasteiger partial charge in [-0.1, -0.05) is 36.4 Å². The number of hydrogen-bond donors (Lipinski definition) is 2. The molecule has 0 aliphatic carbocycles. The standard InChI is InChI=1S/C27H31N3O6/c31-23-13-12-22(25(32)29-23)30-26(33)20-10-6-11-21(24(20)27(30)34)28-14-7-17-35-15-4-5-16-36-18-19-8-2-1-3-9-19/h1-3,6,8-11,22,28H,4-5,7,12-18H2,(H,29,31,32). The van der Waals surface area contributed by atoms with Gasteiger partial charge in [0.25, 0.3) is 11.8 Å². The average Bonchev–Trinajstić information content (AvgIpc) is 3.13. The second-order valence-electron chi connectivity index (χ2n) is 8.81. The number of unbranched alkanes of at least 4 members (excludes halogenated alkanes) is 1. The van der Waals surface area contributed by atoms with E-state index in [0.717, 1.165) is 24.2 Å². The number of rotatable bonds is 13. The molecule has 0 radical (unpaired) electrons. The van der Waals surface area contributed by atoms with Gasteiger partial charge in [0.2, 0.25) is 11.8 Å². The molecule has 36 heavy (non-hydrogen) atoms. The molecule has 2 aliphatic rings. The van der Waals surface area contributed by atoms with Crippen molar-refractivity contribution in [3.8, 4) is 0 Å². The Morgan fingerprint density at radius 1 is 0.861 bits per heavy atom. The van der Waals surface area contributed by atoms with Crippen molar-refractivity contribution < 1.29 is 28.7 Å². The topological polar surface area (TPSA) is 114 Å². The van der Waals surface area contributed by atoms with Crippen LogP contribution < -0.4 is 10.6 Å². The van der Waals surface area contributed by atoms with Crippen molar-refractivity contribution in [2.45, 2.75) is 44.8 Å². The van der Waals surface area contributed by atoms with Gasteiger partial charge in [0, 0.05) is 38.5 Å². The predicted octanol–water partition coefficient (Wildman–Crippen LogP) is 2.90. The van der Waals surface area contributed by atoms with Crippen LogP contribution in [0.2, 0.25) is 0 Å². The maximum Gasteiger partial charge on any atom is 0.264 e. The number of piperidine rings is 1. The zero-order valence-electron chi connectivity index (χ0n) is 20.2. The number of nitrogens with one attached hydrogen (secondary N) is 2. The largest absolute Gasteiger partial charge is 0.384 e. The van der Waals surface area contributed by atoms with Crippen molar-refractivity contribution in [2.24, 2.45) is 0 Å². The summed E-state index contributed by atoms with van der Waals surface area (Å²) in [4.78, 5) is 50.6. The van der Waals surface area contributed by atoms with Crippen LogP contribution in [0.1, 0.15) is 58.4 Å². The van der Waals surface area contributed by atoms with Crippen molar-refractivity contribution in [3.05, 3.63) is 65.2 Å². The molecule has 0 aromatic heterocycles. The molecule has 0 bridgehead atoms. The number of hydrogen-bond acceptors (Lipinski definition) is 7. The third kappa shape index (κ3) is 6.16. The number of benzene rings is 2. The minimum absolute atomic E-state index is 0.0929. The number of ether oxygens (including phenoxy) is 2. The van der Waals surface area contributed by atoms with Gasteiger partial charge in [0.15, 0.2) is 0 Å². The third-order valence-electron chi connectivity index (χ3n) is 6.19. The van der Waals surface area contributed by atoms with Gasteiger partial charge >= 0.3 is 0 Å². The van der Waals surface area contributed by atoms with E-state index in [-0.39, 0.29) is 24.0 Å². The Morgan fingerprint density at radius 3 is 2.39 bits per heavy atom. The highest BCUT2D eigenvalue weighted by molar-refractivity contribution is 6.25. The molecule has 2 aromatic carbocycles. The van der Waals surface area contributed by atoms with Crippen LogP contribution in [0.25, 0.3) is 0 Å². The highest BCUT2D eigenvalue weighted by atomic mass is 16.5. The maximum absolute atomic E-state index is 13.1. The van der Waals surface area contributed by atoms with Crippen LogP contribution in [0.5, 0.6) is 0 Å². The first-order valence-corrected chi connectivity index (χ1v) is 12.3. The third-order valence-corrected chi connectivity index (χ3v) is 6.19. The predicted molar refractivity (Wildman–Crippen MR) is 132 cm³/mol. The van der Waals surface area contributed by atoms with Crippen molar-refractivity contribution in [1.29, 1.82) is 0 Å². The SMILES string of the molecule is O=C1CCC(N2C(=O)c3cccc(NCCCOCCCCOCc4ccccc4)c3C2=O)C(=O)N1. The molecule has 2 aliphatic heterocycles. The minimum Gasteiger partial charge on any atom is -0.384 e. The number of fused-ring (bicyclic) bond motifs is 1. The summed E-state index contributed by atoms with van der Waals surface area (Å²) in [5.74, 6) is -2.04. The van der Waals surface area contributed by atoms with Crippen molar-refractivity contribution in [2.75, 3.05) is 31.7 Å². The molecule has 0 saturated carbocycles. The van der Waals surface area contributed by atoms with Gasteiger partial charge in [-0.15, -0.1) is 0 Å². The molecule has 1 unspecified atom stereocenters. The first kappa shape index (κ1) is 25.5. The van der Waals surface area contributed by atoms with E-state index in [2.05, 4.69) is 10.6 Å². The lowest BCUT2D eigenvalue weighted by atomic mass is 10.0. The van der Waals surface area contributed by atoms with Crippen LogP contribution >= 0.6 is 0 Å². The highest BCUT2D eigenvalue weighted by Gasteiger charge is 2.45. The summed E-state index contributed by atoms with van der Waals surface area (Å²) >= 11 is 0. The number of carbonyl (C=O) groups excluding carboxylic acids is 4. The van der Waals surface area contributed by atoms with E-state index < -0.39 is 29.7 Å². The average molecular weight is 494 g/mol. The summed E-state index contributed by atoms with van der Waals surface area (Å²) in [7, 11) is 0. The fraction of sp³-hybridized carbons (Fsp3) is 0.407. The lowest BCUT2D eigenvalue weighted by molar-refractivity contribution is -0.136. The van der Waals surface area contributed by atoms with E-state index in [1.165, 1.54) is 5.56 Å². The maximum atomic E-state index is 13.1. The lowest BCUT2D eigenvalue weighted by Crippen LogP contribution is -2.54. The molecule has 9 heteroatoms. The molecular formula is C27H31N3O6. The number of carbonyl (C=O) groups is 4. The Kier molecular flexibility index (Phi) is 8.80. The minimum atomic E-state index is -0.972. The fourth-order valence-electron chi connectivity index (χ4n) is 4.33. The summed E-state index contributed by atoms with van der Waals surface area (Å²) in [5, 5.41) is 5.43. The molecule has 1 saturated heterocycles. The Hall–Kier alpha value is -3.56. The van der Waals surface area contributed by atoms with Gasteiger partial charge < -0.3 is 14.8 Å². The number of amides is 4. The first-order valence-electron chi connectivity index (χ1n) is 12.3. The Bertz CT molecular complexity index is 1100. The zero-order valence-corrected chi connectivity index (χ0v) is 20.2. The highest BCUT2D eigenvalue weighted by Crippen LogP contribution is 2.32. The van der Waals surface area contributed by atoms with E-state index in [1.807, 2.05) is 30.3 Å². The van der Waals surface area contributed by atoms with Crippen molar-refractivity contribution in [1.82, 2.24) is 10.2 Å². The molecule has 4 rings (SSSR count). The summed E-state index contributed by atoms with van der Waals surface area (Å²) in [6, 6.07) is 14.1. The fourth-order valence-corrected chi connectivity index (χ4v) is 4.33. The van der Waals surface area contributed by atoms with Crippen LogP contribution in [0, 0.1) is 0 Å². The van der Waals surface area contributed by atoms with Gasteiger partial charge in [-0.3, -0.25) is 29.4 Å². The summed E-state index contributed by atoms with van der Waals surface area (Å²) in [6.45, 7) is 3.11. The van der Waals surface area contributed by atoms with Crippen LogP contribution in [-0.2, 0) is 25.7 Å². The smallest absolute Gasteiger partial charge is 0.264 e. The molecule has 2 heterocycles. The van der Waals surface area contributed by atoms with E-state index >= 15 is 0 Å². The van der Waals surface area contributed by atoms with E-state index in [0.29, 0.717) is 38.7 Å². The van der Waals surface area contributed by atoms with Gasteiger partial charge in [0.05, 0.1) is 17.7 Å². The number of imide groups is 2. The quantitative estimate of drug-likeness (QED) is 0.326. The van der Waals surface area contributed by atoms with Crippen molar-refractivity contribution in [3.63, 3.8) is 0 Å². The first-order chi connectivity index (χ1) is 17.6. The van der Waals surface area contributed by atoms with E-state index in [9.17, 15) is 19.2 Å². The Labute approximate surface area is 210 Å². The normalized spacial score (nSPS) is 17.3. The molecule has 9 nitrogen and oxygen atoms in total. The molecule has 0 spiro atoms. The van der Waals surface area contributed by atoms with Crippen LogP contribution in [0.15, 0.2) is 48.5 Å². The molecule has 1 fully saturated rings.